The van der Waals surface area contributed by atoms with Gasteiger partial charge in [0, 0.05) is 47.7 Å². The molecule has 0 bridgehead atoms. The Morgan fingerprint density at radius 2 is 1.82 bits per heavy atom. The first kappa shape index (κ1) is 37.6. The third kappa shape index (κ3) is 9.71. The predicted octanol–water partition coefficient (Wildman–Crippen LogP) is 6.75. The summed E-state index contributed by atoms with van der Waals surface area (Å²) in [6.07, 6.45) is -6.25. The SMILES string of the molecule is CC(C)(C)OC(=O)CC[C@]1(C(=O)NNCc2cc(F)cc(C(F)(F)F)c2)N=C(c2ccc(OCCCO)cc2)O[C@H]1c1ccccc1N=[N+]=[N-]. The van der Waals surface area contributed by atoms with Crippen molar-refractivity contribution in [3.8, 4) is 5.75 Å². The number of carbonyl (C=O) groups excluding carboxylic acids is 2. The van der Waals surface area contributed by atoms with Gasteiger partial charge in [0.15, 0.2) is 11.6 Å². The number of esters is 1. The van der Waals surface area contributed by atoms with E-state index in [-0.39, 0.29) is 48.8 Å². The minimum atomic E-state index is -4.80. The molecule has 0 fully saturated rings. The molecular formula is C34H36F4N6O6. The molecule has 4 rings (SSSR count). The van der Waals surface area contributed by atoms with Crippen molar-refractivity contribution >= 4 is 23.5 Å². The van der Waals surface area contributed by atoms with Gasteiger partial charge in [-0.05, 0) is 80.8 Å². The van der Waals surface area contributed by atoms with E-state index in [9.17, 15) is 32.7 Å². The van der Waals surface area contributed by atoms with Crippen LogP contribution in [-0.2, 0) is 31.8 Å². The molecule has 2 atom stereocenters. The second kappa shape index (κ2) is 16.0. The zero-order valence-corrected chi connectivity index (χ0v) is 27.5. The number of benzene rings is 3. The third-order valence-corrected chi connectivity index (χ3v) is 7.31. The van der Waals surface area contributed by atoms with Crippen molar-refractivity contribution in [3.63, 3.8) is 0 Å². The first-order valence-corrected chi connectivity index (χ1v) is 15.5. The van der Waals surface area contributed by atoms with Crippen LogP contribution in [0.4, 0.5) is 23.2 Å². The molecule has 50 heavy (non-hydrogen) atoms. The first-order chi connectivity index (χ1) is 23.6. The van der Waals surface area contributed by atoms with Crippen molar-refractivity contribution in [1.82, 2.24) is 10.9 Å². The number of hydrazine groups is 1. The van der Waals surface area contributed by atoms with Crippen LogP contribution in [0.2, 0.25) is 0 Å². The standard InChI is InChI=1S/C34H36F4N6O6/c1-32(2,3)50-28(46)13-14-33(31(47)43-40-20-21-17-23(34(36,37)38)19-24(35)18-21)29(26-7-4-5-8-27(26)42-44-39)49-30(41-33)22-9-11-25(12-10-22)48-16-6-15-45/h4-5,7-12,17-19,29,40,45H,6,13-16,20H2,1-3H3,(H,43,47)/t29-,33-/m0/s1. The van der Waals surface area contributed by atoms with Gasteiger partial charge in [-0.15, -0.1) is 0 Å². The van der Waals surface area contributed by atoms with Gasteiger partial charge in [0.05, 0.1) is 12.2 Å². The monoisotopic (exact) mass is 700 g/mol. The number of hydrogen-bond donors (Lipinski definition) is 3. The van der Waals surface area contributed by atoms with E-state index in [0.29, 0.717) is 23.8 Å². The van der Waals surface area contributed by atoms with E-state index in [1.54, 1.807) is 63.2 Å². The number of alkyl halides is 3. The molecule has 0 aliphatic carbocycles. The number of carbonyl (C=O) groups is 2. The van der Waals surface area contributed by atoms with Crippen molar-refractivity contribution in [2.75, 3.05) is 13.2 Å². The molecule has 1 aliphatic heterocycles. The van der Waals surface area contributed by atoms with Gasteiger partial charge in [0.2, 0.25) is 5.90 Å². The number of nitrogens with zero attached hydrogens (tertiary/aromatic N) is 4. The molecule has 3 N–H and O–H groups in total. The fourth-order valence-corrected chi connectivity index (χ4v) is 5.13. The zero-order chi connectivity index (χ0) is 36.5. The van der Waals surface area contributed by atoms with Crippen LogP contribution in [0, 0.1) is 5.82 Å². The van der Waals surface area contributed by atoms with Gasteiger partial charge >= 0.3 is 12.1 Å². The Hall–Kier alpha value is -5.18. The summed E-state index contributed by atoms with van der Waals surface area (Å²) in [4.78, 5) is 34.8. The Bertz CT molecular complexity index is 1760. The molecule has 0 aromatic heterocycles. The maximum absolute atomic E-state index is 14.3. The molecule has 0 radical (unpaired) electrons. The minimum absolute atomic E-state index is 0.00747. The lowest BCUT2D eigenvalue weighted by atomic mass is 9.83. The molecule has 1 heterocycles. The molecule has 0 saturated carbocycles. The molecular weight excluding hydrogens is 664 g/mol. The van der Waals surface area contributed by atoms with Crippen LogP contribution < -0.4 is 15.6 Å². The summed E-state index contributed by atoms with van der Waals surface area (Å²) < 4.78 is 71.4. The Labute approximate surface area is 285 Å². The maximum atomic E-state index is 14.3. The number of aliphatic imine (C=N–C) groups is 1. The number of hydrogen-bond acceptors (Lipinski definition) is 9. The van der Waals surface area contributed by atoms with Crippen molar-refractivity contribution in [2.45, 2.75) is 70.0 Å². The second-order valence-electron chi connectivity index (χ2n) is 12.3. The van der Waals surface area contributed by atoms with E-state index in [2.05, 4.69) is 20.9 Å². The molecule has 266 valence electrons. The predicted molar refractivity (Wildman–Crippen MR) is 173 cm³/mol. The lowest BCUT2D eigenvalue weighted by molar-refractivity contribution is -0.155. The number of aliphatic hydroxyl groups excluding tert-OH is 1. The van der Waals surface area contributed by atoms with Gasteiger partial charge in [0.1, 0.15) is 17.2 Å². The minimum Gasteiger partial charge on any atom is -0.494 e. The highest BCUT2D eigenvalue weighted by Crippen LogP contribution is 2.46. The van der Waals surface area contributed by atoms with E-state index < -0.39 is 53.2 Å². The fraction of sp³-hybridized carbons (Fsp3) is 0.382. The summed E-state index contributed by atoms with van der Waals surface area (Å²) in [5, 5.41) is 12.8. The molecule has 1 amide bonds. The smallest absolute Gasteiger partial charge is 0.416 e. The summed E-state index contributed by atoms with van der Waals surface area (Å²) in [5.41, 5.74) is 11.0. The molecule has 3 aromatic rings. The van der Waals surface area contributed by atoms with Crippen molar-refractivity contribution < 1.29 is 46.5 Å². The Morgan fingerprint density at radius 1 is 1.10 bits per heavy atom. The molecule has 3 aromatic carbocycles. The summed E-state index contributed by atoms with van der Waals surface area (Å²) in [6.45, 7) is 4.86. The number of amides is 1. The number of azide groups is 1. The second-order valence-corrected chi connectivity index (χ2v) is 12.3. The number of halogens is 4. The molecule has 1 aliphatic rings. The van der Waals surface area contributed by atoms with E-state index in [1.165, 1.54) is 6.07 Å². The highest BCUT2D eigenvalue weighted by Gasteiger charge is 2.54. The summed E-state index contributed by atoms with van der Waals surface area (Å²) in [7, 11) is 0. The van der Waals surface area contributed by atoms with Gasteiger partial charge in [-0.3, -0.25) is 15.0 Å². The van der Waals surface area contributed by atoms with Crippen LogP contribution in [0.5, 0.6) is 5.75 Å². The average Bonchev–Trinajstić information content (AvgIpc) is 3.44. The fourth-order valence-electron chi connectivity index (χ4n) is 5.13. The normalized spacial score (nSPS) is 17.3. The molecule has 0 unspecified atom stereocenters. The zero-order valence-electron chi connectivity index (χ0n) is 27.5. The van der Waals surface area contributed by atoms with Gasteiger partial charge in [-0.1, -0.05) is 29.4 Å². The molecule has 0 spiro atoms. The Kier molecular flexibility index (Phi) is 12.1. The quantitative estimate of drug-likeness (QED) is 0.0318. The van der Waals surface area contributed by atoms with Crippen LogP contribution in [0.1, 0.15) is 68.4 Å². The summed E-state index contributed by atoms with van der Waals surface area (Å²) >= 11 is 0. The van der Waals surface area contributed by atoms with Crippen molar-refractivity contribution in [3.05, 3.63) is 105 Å². The van der Waals surface area contributed by atoms with Crippen LogP contribution >= 0.6 is 0 Å². The van der Waals surface area contributed by atoms with E-state index in [1.807, 2.05) is 0 Å². The van der Waals surface area contributed by atoms with Gasteiger partial charge < -0.3 is 19.3 Å². The van der Waals surface area contributed by atoms with E-state index >= 15 is 0 Å². The Morgan fingerprint density at radius 3 is 2.48 bits per heavy atom. The maximum Gasteiger partial charge on any atom is 0.416 e. The largest absolute Gasteiger partial charge is 0.494 e. The third-order valence-electron chi connectivity index (χ3n) is 7.31. The number of rotatable bonds is 14. The lowest BCUT2D eigenvalue weighted by Crippen LogP contribution is -2.52. The van der Waals surface area contributed by atoms with Crippen LogP contribution in [-0.4, -0.2) is 47.2 Å². The van der Waals surface area contributed by atoms with Gasteiger partial charge in [-0.2, -0.15) is 13.2 Å². The van der Waals surface area contributed by atoms with Gasteiger partial charge in [0.25, 0.3) is 5.91 Å². The highest BCUT2D eigenvalue weighted by atomic mass is 19.4. The molecule has 16 heteroatoms. The average molecular weight is 701 g/mol. The first-order valence-electron chi connectivity index (χ1n) is 15.5. The topological polar surface area (TPSA) is 167 Å². The number of nitrogens with one attached hydrogen (secondary N) is 2. The van der Waals surface area contributed by atoms with E-state index in [0.717, 1.165) is 12.1 Å². The summed E-state index contributed by atoms with van der Waals surface area (Å²) in [5.74, 6) is -2.13. The number of aliphatic hydroxyl groups is 1. The van der Waals surface area contributed by atoms with Gasteiger partial charge in [-0.25, -0.2) is 14.8 Å². The molecule has 0 saturated heterocycles. The summed E-state index contributed by atoms with van der Waals surface area (Å²) in [6, 6.07) is 14.8. The van der Waals surface area contributed by atoms with Crippen LogP contribution in [0.3, 0.4) is 0 Å². The highest BCUT2D eigenvalue weighted by molar-refractivity contribution is 6.01. The van der Waals surface area contributed by atoms with Crippen LogP contribution in [0.25, 0.3) is 10.4 Å². The lowest BCUT2D eigenvalue weighted by Gasteiger charge is -2.31. The van der Waals surface area contributed by atoms with Crippen molar-refractivity contribution in [2.24, 2.45) is 10.1 Å². The molecule has 12 nitrogen and oxygen atoms in total. The number of ether oxygens (including phenoxy) is 3. The van der Waals surface area contributed by atoms with E-state index in [4.69, 9.17) is 24.3 Å². The van der Waals surface area contributed by atoms with Crippen LogP contribution in [0.15, 0.2) is 76.8 Å². The Balaban J connectivity index is 1.74. The van der Waals surface area contributed by atoms with Crippen molar-refractivity contribution in [1.29, 1.82) is 0 Å².